The summed E-state index contributed by atoms with van der Waals surface area (Å²) < 4.78 is 12.5. The summed E-state index contributed by atoms with van der Waals surface area (Å²) in [5.74, 6) is -0.525. The molecule has 2 amide bonds. The molecule has 152 valence electrons. The van der Waals surface area contributed by atoms with Crippen molar-refractivity contribution in [2.45, 2.75) is 13.0 Å². The number of primary amides is 1. The molecule has 0 atom stereocenters. The Balaban J connectivity index is 1.58. The molecule has 0 fully saturated rings. The van der Waals surface area contributed by atoms with E-state index in [2.05, 4.69) is 10.3 Å². The molecule has 0 saturated heterocycles. The van der Waals surface area contributed by atoms with Crippen molar-refractivity contribution in [3.8, 4) is 11.5 Å². The van der Waals surface area contributed by atoms with Crippen molar-refractivity contribution < 1.29 is 19.1 Å². The average molecular weight is 417 g/mol. The number of methoxy groups -OCH3 is 1. The van der Waals surface area contributed by atoms with Crippen LogP contribution in [-0.2, 0) is 11.3 Å². The molecule has 3 N–H and O–H groups in total. The number of benzene rings is 2. The highest BCUT2D eigenvalue weighted by atomic mass is 35.5. The third kappa shape index (κ3) is 4.97. The number of hydrogen-bond donors (Lipinski definition) is 2. The maximum atomic E-state index is 12.5. The number of halogens is 1. The molecule has 8 nitrogen and oxygen atoms in total. The number of carbonyl (C=O) groups excluding carboxylic acids is 2. The minimum absolute atomic E-state index is 0.153. The van der Waals surface area contributed by atoms with Gasteiger partial charge in [0.2, 0.25) is 0 Å². The number of fused-ring (bicyclic) bond motifs is 1. The largest absolute Gasteiger partial charge is 0.493 e. The number of ether oxygens (including phenoxy) is 2. The van der Waals surface area contributed by atoms with Gasteiger partial charge in [0, 0.05) is 18.7 Å². The summed E-state index contributed by atoms with van der Waals surface area (Å²) in [5, 5.41) is 3.01. The fourth-order valence-electron chi connectivity index (χ4n) is 2.88. The highest BCUT2D eigenvalue weighted by Gasteiger charge is 2.16. The summed E-state index contributed by atoms with van der Waals surface area (Å²) in [6, 6.07) is 10.8. The summed E-state index contributed by atoms with van der Waals surface area (Å²) >= 11 is 6.18. The number of para-hydroxylation sites is 2. The van der Waals surface area contributed by atoms with Crippen LogP contribution in [0.5, 0.6) is 11.5 Å². The Bertz CT molecular complexity index is 1030. The van der Waals surface area contributed by atoms with Gasteiger partial charge >= 0.3 is 0 Å². The zero-order valence-corrected chi connectivity index (χ0v) is 16.6. The molecule has 29 heavy (non-hydrogen) atoms. The highest BCUT2D eigenvalue weighted by Crippen LogP contribution is 2.36. The van der Waals surface area contributed by atoms with E-state index in [-0.39, 0.29) is 29.0 Å². The van der Waals surface area contributed by atoms with Crippen molar-refractivity contribution in [3.63, 3.8) is 0 Å². The zero-order valence-electron chi connectivity index (χ0n) is 15.9. The normalized spacial score (nSPS) is 10.7. The minimum atomic E-state index is -0.643. The van der Waals surface area contributed by atoms with Gasteiger partial charge < -0.3 is 25.1 Å². The van der Waals surface area contributed by atoms with Crippen molar-refractivity contribution in [1.82, 2.24) is 14.9 Å². The summed E-state index contributed by atoms with van der Waals surface area (Å²) in [7, 11) is 1.42. The SMILES string of the molecule is COc1cc(C(=O)NCCCn2cnc3ccccc32)cc(Cl)c1OCC(N)=O. The molecule has 2 aromatic carbocycles. The Morgan fingerprint density at radius 1 is 1.28 bits per heavy atom. The predicted molar refractivity (Wildman–Crippen MR) is 109 cm³/mol. The Labute approximate surface area is 172 Å². The van der Waals surface area contributed by atoms with Gasteiger partial charge in [-0.1, -0.05) is 23.7 Å². The quantitative estimate of drug-likeness (QED) is 0.520. The van der Waals surface area contributed by atoms with Gasteiger partial charge in [-0.25, -0.2) is 4.98 Å². The number of imidazole rings is 1. The van der Waals surface area contributed by atoms with Gasteiger partial charge in [-0.05, 0) is 30.7 Å². The van der Waals surface area contributed by atoms with E-state index in [9.17, 15) is 9.59 Å². The molecule has 0 spiro atoms. The number of nitrogens with one attached hydrogen (secondary N) is 1. The third-order valence-electron chi connectivity index (χ3n) is 4.24. The van der Waals surface area contributed by atoms with Crippen molar-refractivity contribution >= 4 is 34.4 Å². The standard InChI is InChI=1S/C20H21ClN4O4/c1-28-17-10-13(9-14(21)19(17)29-11-18(22)26)20(27)23-7-4-8-25-12-24-15-5-2-3-6-16(15)25/h2-3,5-6,9-10,12H,4,7-8,11H2,1H3,(H2,22,26)(H,23,27). The first-order valence-corrected chi connectivity index (χ1v) is 9.34. The molecule has 1 aromatic heterocycles. The number of nitrogens with two attached hydrogens (primary N) is 1. The lowest BCUT2D eigenvalue weighted by molar-refractivity contribution is -0.119. The van der Waals surface area contributed by atoms with Crippen LogP contribution < -0.4 is 20.5 Å². The van der Waals surface area contributed by atoms with Gasteiger partial charge in [0.1, 0.15) is 0 Å². The summed E-state index contributed by atoms with van der Waals surface area (Å²) in [4.78, 5) is 27.7. The fraction of sp³-hybridized carbons (Fsp3) is 0.250. The Morgan fingerprint density at radius 2 is 2.07 bits per heavy atom. The zero-order chi connectivity index (χ0) is 20.8. The summed E-state index contributed by atoms with van der Waals surface area (Å²) in [6.07, 6.45) is 2.53. The van der Waals surface area contributed by atoms with Crippen LogP contribution in [0.25, 0.3) is 11.0 Å². The van der Waals surface area contributed by atoms with Gasteiger partial charge in [0.15, 0.2) is 18.1 Å². The van der Waals surface area contributed by atoms with Crippen LogP contribution in [0.2, 0.25) is 5.02 Å². The number of amides is 2. The average Bonchev–Trinajstić information content (AvgIpc) is 3.12. The Morgan fingerprint density at radius 3 is 2.83 bits per heavy atom. The molecule has 0 aliphatic rings. The second-order valence-corrected chi connectivity index (χ2v) is 6.69. The van der Waals surface area contributed by atoms with Crippen LogP contribution in [0.4, 0.5) is 0 Å². The first kappa shape index (κ1) is 20.5. The van der Waals surface area contributed by atoms with Crippen LogP contribution in [0, 0.1) is 0 Å². The van der Waals surface area contributed by atoms with Gasteiger partial charge in [-0.3, -0.25) is 9.59 Å². The van der Waals surface area contributed by atoms with Crippen molar-refractivity contribution in [3.05, 3.63) is 53.3 Å². The lowest BCUT2D eigenvalue weighted by Crippen LogP contribution is -2.25. The van der Waals surface area contributed by atoms with E-state index in [4.69, 9.17) is 26.8 Å². The Hall–Kier alpha value is -3.26. The number of nitrogens with zero attached hydrogens (tertiary/aromatic N) is 2. The second-order valence-electron chi connectivity index (χ2n) is 6.28. The minimum Gasteiger partial charge on any atom is -0.493 e. The smallest absolute Gasteiger partial charge is 0.255 e. The molecule has 0 aliphatic carbocycles. The van der Waals surface area contributed by atoms with Crippen LogP contribution in [0.3, 0.4) is 0 Å². The molecule has 0 radical (unpaired) electrons. The first-order chi connectivity index (χ1) is 14.0. The number of aryl methyl sites for hydroxylation is 1. The molecule has 3 aromatic rings. The maximum absolute atomic E-state index is 12.5. The van der Waals surface area contributed by atoms with E-state index in [0.717, 1.165) is 24.0 Å². The van der Waals surface area contributed by atoms with E-state index in [0.29, 0.717) is 12.1 Å². The lowest BCUT2D eigenvalue weighted by atomic mass is 10.2. The van der Waals surface area contributed by atoms with Crippen LogP contribution in [0.15, 0.2) is 42.7 Å². The van der Waals surface area contributed by atoms with E-state index in [1.54, 1.807) is 6.33 Å². The number of carbonyl (C=O) groups is 2. The van der Waals surface area contributed by atoms with E-state index in [1.807, 2.05) is 28.8 Å². The summed E-state index contributed by atoms with van der Waals surface area (Å²) in [6.45, 7) is 0.862. The van der Waals surface area contributed by atoms with Gasteiger partial charge in [-0.2, -0.15) is 0 Å². The van der Waals surface area contributed by atoms with Crippen LogP contribution in [-0.4, -0.2) is 41.6 Å². The van der Waals surface area contributed by atoms with E-state index < -0.39 is 5.91 Å². The molecule has 0 aliphatic heterocycles. The van der Waals surface area contributed by atoms with Gasteiger partial charge in [-0.15, -0.1) is 0 Å². The van der Waals surface area contributed by atoms with Gasteiger partial charge in [0.25, 0.3) is 11.8 Å². The topological polar surface area (TPSA) is 108 Å². The molecular weight excluding hydrogens is 396 g/mol. The van der Waals surface area contributed by atoms with Crippen molar-refractivity contribution in [2.75, 3.05) is 20.3 Å². The van der Waals surface area contributed by atoms with E-state index in [1.165, 1.54) is 19.2 Å². The molecule has 1 heterocycles. The molecular formula is C20H21ClN4O4. The van der Waals surface area contributed by atoms with Crippen LogP contribution >= 0.6 is 11.6 Å². The highest BCUT2D eigenvalue weighted by molar-refractivity contribution is 6.32. The maximum Gasteiger partial charge on any atom is 0.255 e. The first-order valence-electron chi connectivity index (χ1n) is 8.96. The molecule has 0 saturated carbocycles. The fourth-order valence-corrected chi connectivity index (χ4v) is 3.14. The molecule has 0 unspecified atom stereocenters. The number of hydrogen-bond acceptors (Lipinski definition) is 5. The predicted octanol–water partition coefficient (Wildman–Crippen LogP) is 2.38. The van der Waals surface area contributed by atoms with Crippen LogP contribution in [0.1, 0.15) is 16.8 Å². The number of rotatable bonds is 9. The lowest BCUT2D eigenvalue weighted by Gasteiger charge is -2.13. The molecule has 9 heteroatoms. The molecule has 0 bridgehead atoms. The van der Waals surface area contributed by atoms with E-state index >= 15 is 0 Å². The monoisotopic (exact) mass is 416 g/mol. The molecule has 3 rings (SSSR count). The summed E-state index contributed by atoms with van der Waals surface area (Å²) in [5.41, 5.74) is 7.40. The second kappa shape index (κ2) is 9.29. The third-order valence-corrected chi connectivity index (χ3v) is 4.52. The van der Waals surface area contributed by atoms with Gasteiger partial charge in [0.05, 0.1) is 29.5 Å². The number of aromatic nitrogens is 2. The Kier molecular flexibility index (Phi) is 6.56. The van der Waals surface area contributed by atoms with Crippen molar-refractivity contribution in [2.24, 2.45) is 5.73 Å². The van der Waals surface area contributed by atoms with Crippen molar-refractivity contribution in [1.29, 1.82) is 0 Å².